The molecule has 82 valence electrons. The molecule has 0 atom stereocenters. The molecule has 1 heterocycles. The van der Waals surface area contributed by atoms with Crippen molar-refractivity contribution in [3.63, 3.8) is 0 Å². The van der Waals surface area contributed by atoms with E-state index in [0.29, 0.717) is 6.54 Å². The van der Waals surface area contributed by atoms with Crippen LogP contribution in [0.15, 0.2) is 11.1 Å². The highest BCUT2D eigenvalue weighted by molar-refractivity contribution is 5.88. The van der Waals surface area contributed by atoms with Gasteiger partial charge in [-0.05, 0) is 12.8 Å². The van der Waals surface area contributed by atoms with E-state index in [1.807, 2.05) is 13.8 Å². The molecule has 1 aromatic rings. The van der Waals surface area contributed by atoms with E-state index in [4.69, 9.17) is 5.11 Å². The topological polar surface area (TPSA) is 72.2 Å². The van der Waals surface area contributed by atoms with E-state index in [1.165, 1.54) is 17.8 Å². The first-order valence-electron chi connectivity index (χ1n) is 4.72. The highest BCUT2D eigenvalue weighted by Gasteiger charge is 2.15. The van der Waals surface area contributed by atoms with Crippen molar-refractivity contribution in [3.8, 4) is 0 Å². The molecule has 5 heteroatoms. The normalized spacial score (nSPS) is 10.7. The fraction of sp³-hybridized carbons (Fsp3) is 0.500. The molecule has 1 rings (SSSR count). The molecular formula is C10H14N2O3. The van der Waals surface area contributed by atoms with Crippen LogP contribution >= 0.6 is 0 Å². The Morgan fingerprint density at radius 3 is 2.67 bits per heavy atom. The smallest absolute Gasteiger partial charge is 0.343 e. The summed E-state index contributed by atoms with van der Waals surface area (Å²) in [6, 6.07) is 0. The van der Waals surface area contributed by atoms with Crippen LogP contribution in [-0.4, -0.2) is 20.6 Å². The predicted octanol–water partition coefficient (Wildman–Crippen LogP) is 0.906. The number of hydrogen-bond acceptors (Lipinski definition) is 3. The molecule has 15 heavy (non-hydrogen) atoms. The minimum absolute atomic E-state index is 0.238. The average Bonchev–Trinajstić information content (AvgIpc) is 2.09. The summed E-state index contributed by atoms with van der Waals surface area (Å²) >= 11 is 0. The zero-order chi connectivity index (χ0) is 11.6. The van der Waals surface area contributed by atoms with Gasteiger partial charge in [0.25, 0.3) is 5.56 Å². The molecular weight excluding hydrogens is 196 g/mol. The summed E-state index contributed by atoms with van der Waals surface area (Å²) in [5.74, 6) is -0.947. The maximum Gasteiger partial charge on any atom is 0.343 e. The van der Waals surface area contributed by atoms with Crippen molar-refractivity contribution in [1.29, 1.82) is 0 Å². The van der Waals surface area contributed by atoms with Crippen LogP contribution < -0.4 is 5.56 Å². The number of aromatic nitrogens is 2. The van der Waals surface area contributed by atoms with Gasteiger partial charge in [0.2, 0.25) is 0 Å². The van der Waals surface area contributed by atoms with Crippen LogP contribution in [0.3, 0.4) is 0 Å². The fourth-order valence-electron chi connectivity index (χ4n) is 1.34. The summed E-state index contributed by atoms with van der Waals surface area (Å²) in [5.41, 5.74) is -0.464. The van der Waals surface area contributed by atoms with Crippen molar-refractivity contribution in [2.75, 3.05) is 0 Å². The van der Waals surface area contributed by atoms with E-state index in [2.05, 4.69) is 4.98 Å². The predicted molar refractivity (Wildman–Crippen MR) is 55.0 cm³/mol. The van der Waals surface area contributed by atoms with Gasteiger partial charge in [0.15, 0.2) is 0 Å². The SMILES string of the molecule is Cc1ncn(CC(C)C)c(=O)c1C(=O)O. The molecule has 0 saturated carbocycles. The summed E-state index contributed by atoms with van der Waals surface area (Å²) in [6.45, 7) is 5.90. The molecule has 0 saturated heterocycles. The number of hydrogen-bond donors (Lipinski definition) is 1. The molecule has 0 aliphatic heterocycles. The number of rotatable bonds is 3. The van der Waals surface area contributed by atoms with Gasteiger partial charge >= 0.3 is 5.97 Å². The minimum atomic E-state index is -1.22. The number of carboxylic acid groups (broad SMARTS) is 1. The third-order valence-electron chi connectivity index (χ3n) is 2.00. The van der Waals surface area contributed by atoms with E-state index < -0.39 is 11.5 Å². The van der Waals surface area contributed by atoms with Crippen LogP contribution in [0.1, 0.15) is 29.9 Å². The molecule has 0 aromatic carbocycles. The molecule has 0 aliphatic carbocycles. The molecule has 0 spiro atoms. The van der Waals surface area contributed by atoms with E-state index in [-0.39, 0.29) is 17.2 Å². The average molecular weight is 210 g/mol. The largest absolute Gasteiger partial charge is 0.477 e. The van der Waals surface area contributed by atoms with Crippen molar-refractivity contribution >= 4 is 5.97 Å². The fourth-order valence-corrected chi connectivity index (χ4v) is 1.34. The summed E-state index contributed by atoms with van der Waals surface area (Å²) in [5, 5.41) is 8.85. The van der Waals surface area contributed by atoms with E-state index >= 15 is 0 Å². The second-order valence-corrected chi connectivity index (χ2v) is 3.86. The Hall–Kier alpha value is -1.65. The number of aromatic carboxylic acids is 1. The molecule has 0 aliphatic rings. The number of carboxylic acids is 1. The van der Waals surface area contributed by atoms with Crippen LogP contribution in [0, 0.1) is 12.8 Å². The molecule has 1 N–H and O–H groups in total. The standard InChI is InChI=1S/C10H14N2O3/c1-6(2)4-12-5-11-7(3)8(9(12)13)10(14)15/h5-6H,4H2,1-3H3,(H,14,15). The molecule has 1 aromatic heterocycles. The van der Waals surface area contributed by atoms with Crippen LogP contribution in [0.2, 0.25) is 0 Å². The molecule has 0 unspecified atom stereocenters. The van der Waals surface area contributed by atoms with Crippen molar-refractivity contribution in [3.05, 3.63) is 27.9 Å². The zero-order valence-corrected chi connectivity index (χ0v) is 9.02. The maximum absolute atomic E-state index is 11.7. The van der Waals surface area contributed by atoms with Crippen LogP contribution in [0.4, 0.5) is 0 Å². The number of nitrogens with zero attached hydrogens (tertiary/aromatic N) is 2. The van der Waals surface area contributed by atoms with E-state index in [1.54, 1.807) is 0 Å². The Kier molecular flexibility index (Phi) is 3.24. The summed E-state index contributed by atoms with van der Waals surface area (Å²) in [6.07, 6.45) is 1.39. The Morgan fingerprint density at radius 1 is 1.60 bits per heavy atom. The monoisotopic (exact) mass is 210 g/mol. The number of carbonyl (C=O) groups is 1. The first-order valence-corrected chi connectivity index (χ1v) is 4.72. The Labute approximate surface area is 87.4 Å². The van der Waals surface area contributed by atoms with Gasteiger partial charge < -0.3 is 5.11 Å². The summed E-state index contributed by atoms with van der Waals surface area (Å²) < 4.78 is 1.33. The van der Waals surface area contributed by atoms with Gasteiger partial charge in [0.05, 0.1) is 12.0 Å². The van der Waals surface area contributed by atoms with Gasteiger partial charge in [-0.3, -0.25) is 9.36 Å². The number of aryl methyl sites for hydroxylation is 1. The quantitative estimate of drug-likeness (QED) is 0.804. The van der Waals surface area contributed by atoms with Crippen molar-refractivity contribution in [2.45, 2.75) is 27.3 Å². The lowest BCUT2D eigenvalue weighted by atomic mass is 10.2. The van der Waals surface area contributed by atoms with Crippen LogP contribution in [0.5, 0.6) is 0 Å². The molecule has 0 fully saturated rings. The van der Waals surface area contributed by atoms with Crippen molar-refractivity contribution in [2.24, 2.45) is 5.92 Å². The molecule has 0 bridgehead atoms. The Balaban J connectivity index is 3.29. The highest BCUT2D eigenvalue weighted by Crippen LogP contribution is 2.00. The van der Waals surface area contributed by atoms with Gasteiger partial charge in [-0.15, -0.1) is 0 Å². The second kappa shape index (κ2) is 4.25. The third-order valence-corrected chi connectivity index (χ3v) is 2.00. The van der Waals surface area contributed by atoms with Gasteiger partial charge in [-0.2, -0.15) is 0 Å². The minimum Gasteiger partial charge on any atom is -0.477 e. The molecule has 0 radical (unpaired) electrons. The molecule has 0 amide bonds. The van der Waals surface area contributed by atoms with Gasteiger partial charge in [0.1, 0.15) is 5.56 Å². The van der Waals surface area contributed by atoms with Gasteiger partial charge in [-0.25, -0.2) is 9.78 Å². The summed E-state index contributed by atoms with van der Waals surface area (Å²) in [7, 11) is 0. The van der Waals surface area contributed by atoms with Crippen LogP contribution in [0.25, 0.3) is 0 Å². The zero-order valence-electron chi connectivity index (χ0n) is 9.02. The van der Waals surface area contributed by atoms with Gasteiger partial charge in [0, 0.05) is 6.54 Å². The van der Waals surface area contributed by atoms with Crippen molar-refractivity contribution < 1.29 is 9.90 Å². The summed E-state index contributed by atoms with van der Waals surface area (Å²) in [4.78, 5) is 26.4. The lowest BCUT2D eigenvalue weighted by Crippen LogP contribution is -2.29. The maximum atomic E-state index is 11.7. The second-order valence-electron chi connectivity index (χ2n) is 3.86. The lowest BCUT2D eigenvalue weighted by molar-refractivity contribution is 0.0692. The first-order chi connectivity index (χ1) is 6.93. The van der Waals surface area contributed by atoms with Crippen LogP contribution in [-0.2, 0) is 6.54 Å². The highest BCUT2D eigenvalue weighted by atomic mass is 16.4. The lowest BCUT2D eigenvalue weighted by Gasteiger charge is -2.09. The first kappa shape index (κ1) is 11.4. The van der Waals surface area contributed by atoms with E-state index in [9.17, 15) is 9.59 Å². The third kappa shape index (κ3) is 2.43. The molecule has 5 nitrogen and oxygen atoms in total. The Bertz CT molecular complexity index is 435. The van der Waals surface area contributed by atoms with E-state index in [0.717, 1.165) is 0 Å². The van der Waals surface area contributed by atoms with Gasteiger partial charge in [-0.1, -0.05) is 13.8 Å². The van der Waals surface area contributed by atoms with Crippen molar-refractivity contribution in [1.82, 2.24) is 9.55 Å². The Morgan fingerprint density at radius 2 is 2.20 bits per heavy atom.